The second-order valence-corrected chi connectivity index (χ2v) is 12.5. The Hall–Kier alpha value is -2.11. The van der Waals surface area contributed by atoms with E-state index >= 15 is 0 Å². The molecule has 2 aliphatic carbocycles. The van der Waals surface area contributed by atoms with Gasteiger partial charge in [-0.2, -0.15) is 0 Å². The molecule has 3 aliphatic heterocycles. The number of nitrogens with zero attached hydrogens (tertiary/aromatic N) is 2. The molecule has 5 aliphatic rings. The molecule has 2 aromatic rings. The van der Waals surface area contributed by atoms with Crippen LogP contribution in [-0.2, 0) is 4.74 Å². The molecule has 37 heavy (non-hydrogen) atoms. The smallest absolute Gasteiger partial charge is 0.261 e. The van der Waals surface area contributed by atoms with E-state index in [1.165, 1.54) is 27.5 Å². The predicted octanol–water partition coefficient (Wildman–Crippen LogP) is 7.58. The molecule has 196 valence electrons. The number of fused-ring (bicyclic) bond motifs is 1. The maximum absolute atomic E-state index is 14.0. The number of allylic oxidation sites excluding steroid dienone is 1. The van der Waals surface area contributed by atoms with Gasteiger partial charge in [-0.15, -0.1) is 0 Å². The number of likely N-dealkylation sites (tertiary alicyclic amines) is 1. The van der Waals surface area contributed by atoms with Crippen LogP contribution >= 0.6 is 0 Å². The second kappa shape index (κ2) is 8.71. The Kier molecular flexibility index (Phi) is 5.64. The number of halogens is 2. The van der Waals surface area contributed by atoms with E-state index < -0.39 is 5.92 Å². The van der Waals surface area contributed by atoms with E-state index in [4.69, 9.17) is 4.74 Å². The summed E-state index contributed by atoms with van der Waals surface area (Å²) in [6.07, 6.45) is 18.2. The molecule has 2 unspecified atom stereocenters. The number of pyridine rings is 1. The van der Waals surface area contributed by atoms with Crippen LogP contribution in [0.2, 0.25) is 0 Å². The van der Waals surface area contributed by atoms with Crippen molar-refractivity contribution in [2.75, 3.05) is 13.1 Å². The van der Waals surface area contributed by atoms with Gasteiger partial charge >= 0.3 is 0 Å². The van der Waals surface area contributed by atoms with Crippen molar-refractivity contribution in [2.45, 2.75) is 100 Å². The van der Waals surface area contributed by atoms with Crippen molar-refractivity contribution in [2.24, 2.45) is 5.92 Å². The van der Waals surface area contributed by atoms with Crippen LogP contribution in [0.1, 0.15) is 82.6 Å². The first kappa shape index (κ1) is 24.0. The molecule has 1 aromatic carbocycles. The Bertz CT molecular complexity index is 1270. The predicted molar refractivity (Wildman–Crippen MR) is 143 cm³/mol. The van der Waals surface area contributed by atoms with Crippen molar-refractivity contribution < 1.29 is 13.5 Å². The van der Waals surface area contributed by atoms with E-state index in [0.29, 0.717) is 18.4 Å². The van der Waals surface area contributed by atoms with Gasteiger partial charge in [0.05, 0.1) is 17.7 Å². The largest absolute Gasteiger partial charge is 0.359 e. The zero-order valence-corrected chi connectivity index (χ0v) is 21.9. The molecule has 2 spiro atoms. The van der Waals surface area contributed by atoms with Gasteiger partial charge in [0.2, 0.25) is 0 Å². The molecule has 2 bridgehead atoms. The maximum Gasteiger partial charge on any atom is 0.261 e. The highest BCUT2D eigenvalue weighted by atomic mass is 19.3. The Labute approximate surface area is 219 Å². The van der Waals surface area contributed by atoms with Gasteiger partial charge in [0.1, 0.15) is 0 Å². The van der Waals surface area contributed by atoms with E-state index in [2.05, 4.69) is 53.2 Å². The summed E-state index contributed by atoms with van der Waals surface area (Å²) >= 11 is 0. The lowest BCUT2D eigenvalue weighted by Gasteiger charge is -2.49. The first-order chi connectivity index (χ1) is 17.9. The van der Waals surface area contributed by atoms with Crippen molar-refractivity contribution in [3.63, 3.8) is 0 Å². The standard InChI is InChI=1S/C32H38F2N2O/c1-22-5-6-23(25-8-7-24-11-15-35-20-26(24)17-25)3-2-4-28-18-27-9-10-29(36-16-14-31(33,34)21-36)19-30(27)12-13-32(22,28)37-30/h4,7-8,11,15,17-18,20,22-23,29H,2-3,5-6,9-10,12-14,16,19,21H2,1H3/b28-4-/t22-,23?,29?,30+,32-/m0/s1. The fourth-order valence-corrected chi connectivity index (χ4v) is 8.30. The van der Waals surface area contributed by atoms with Gasteiger partial charge in [-0.05, 0) is 104 Å². The summed E-state index contributed by atoms with van der Waals surface area (Å²) in [6, 6.07) is 9.19. The number of rotatable bonds is 2. The minimum Gasteiger partial charge on any atom is -0.359 e. The molecule has 3 nitrogen and oxygen atoms in total. The third-order valence-electron chi connectivity index (χ3n) is 10.5. The molecule has 4 heterocycles. The first-order valence-electron chi connectivity index (χ1n) is 14.4. The average Bonchev–Trinajstić information content (AvgIpc) is 3.44. The van der Waals surface area contributed by atoms with E-state index in [-0.39, 0.29) is 30.2 Å². The third kappa shape index (κ3) is 3.99. The Morgan fingerprint density at radius 2 is 1.95 bits per heavy atom. The summed E-state index contributed by atoms with van der Waals surface area (Å²) < 4.78 is 35.3. The molecule has 2 saturated heterocycles. The van der Waals surface area contributed by atoms with Crippen molar-refractivity contribution in [3.8, 4) is 0 Å². The number of hydrogen-bond acceptors (Lipinski definition) is 3. The van der Waals surface area contributed by atoms with Crippen LogP contribution in [0, 0.1) is 5.92 Å². The SMILES string of the molecule is C[C@H]1CCC(c2ccc3ccncc3c2)CC/C=C2/C=C3CCC(N4CCC(F)(F)C4)C[C@]34CC[C@@]21O4. The normalized spacial score (nSPS) is 39.1. The topological polar surface area (TPSA) is 25.4 Å². The summed E-state index contributed by atoms with van der Waals surface area (Å²) in [4.78, 5) is 6.39. The van der Waals surface area contributed by atoms with Gasteiger partial charge in [0, 0.05) is 36.8 Å². The van der Waals surface area contributed by atoms with Crippen LogP contribution in [0.3, 0.4) is 0 Å². The number of benzene rings is 1. The number of hydrogen-bond donors (Lipinski definition) is 0. The highest BCUT2D eigenvalue weighted by Gasteiger charge is 2.59. The maximum atomic E-state index is 14.0. The van der Waals surface area contributed by atoms with Crippen LogP contribution < -0.4 is 0 Å². The molecule has 1 saturated carbocycles. The van der Waals surface area contributed by atoms with Crippen LogP contribution in [-0.4, -0.2) is 46.1 Å². The van der Waals surface area contributed by atoms with Crippen molar-refractivity contribution in [1.82, 2.24) is 9.88 Å². The molecule has 0 radical (unpaired) electrons. The Morgan fingerprint density at radius 1 is 1.03 bits per heavy atom. The third-order valence-corrected chi connectivity index (χ3v) is 10.5. The fourth-order valence-electron chi connectivity index (χ4n) is 8.30. The van der Waals surface area contributed by atoms with E-state index in [1.54, 1.807) is 0 Å². The van der Waals surface area contributed by atoms with E-state index in [9.17, 15) is 8.78 Å². The molecular formula is C32H38F2N2O. The minimum absolute atomic E-state index is 0.00278. The van der Waals surface area contributed by atoms with Gasteiger partial charge in [-0.25, -0.2) is 8.78 Å². The van der Waals surface area contributed by atoms with E-state index in [0.717, 1.165) is 57.8 Å². The van der Waals surface area contributed by atoms with Crippen LogP contribution in [0.25, 0.3) is 10.8 Å². The zero-order chi connectivity index (χ0) is 25.3. The Balaban J connectivity index is 1.14. The molecule has 0 N–H and O–H groups in total. The quantitative estimate of drug-likeness (QED) is 0.422. The first-order valence-corrected chi connectivity index (χ1v) is 14.4. The van der Waals surface area contributed by atoms with Crippen molar-refractivity contribution in [3.05, 3.63) is 65.5 Å². The lowest BCUT2D eigenvalue weighted by Crippen LogP contribution is -2.51. The summed E-state index contributed by atoms with van der Waals surface area (Å²) in [7, 11) is 0. The van der Waals surface area contributed by atoms with Gasteiger partial charge < -0.3 is 4.74 Å². The lowest BCUT2D eigenvalue weighted by molar-refractivity contribution is -0.117. The van der Waals surface area contributed by atoms with Crippen molar-refractivity contribution >= 4 is 10.8 Å². The fraction of sp³-hybridized carbons (Fsp3) is 0.594. The van der Waals surface area contributed by atoms with Crippen LogP contribution in [0.15, 0.2) is 60.0 Å². The minimum atomic E-state index is -2.53. The second-order valence-electron chi connectivity index (χ2n) is 12.5. The zero-order valence-electron chi connectivity index (χ0n) is 21.9. The number of aromatic nitrogens is 1. The number of alkyl halides is 2. The van der Waals surface area contributed by atoms with Crippen molar-refractivity contribution in [1.29, 1.82) is 0 Å². The number of ether oxygens (including phenoxy) is 1. The average molecular weight is 505 g/mol. The summed E-state index contributed by atoms with van der Waals surface area (Å²) in [5.74, 6) is -1.57. The van der Waals surface area contributed by atoms with Crippen LogP contribution in [0.4, 0.5) is 8.78 Å². The lowest BCUT2D eigenvalue weighted by atomic mass is 9.74. The molecule has 5 atom stereocenters. The Morgan fingerprint density at radius 3 is 2.81 bits per heavy atom. The van der Waals surface area contributed by atoms with Gasteiger partial charge in [0.25, 0.3) is 5.92 Å². The molecule has 5 heteroatoms. The van der Waals surface area contributed by atoms with Gasteiger partial charge in [0.15, 0.2) is 0 Å². The summed E-state index contributed by atoms with van der Waals surface area (Å²) in [5.41, 5.74) is 3.79. The van der Waals surface area contributed by atoms with Gasteiger partial charge in [-0.1, -0.05) is 31.2 Å². The molecular weight excluding hydrogens is 466 g/mol. The van der Waals surface area contributed by atoms with Gasteiger partial charge in [-0.3, -0.25) is 9.88 Å². The molecule has 1 aromatic heterocycles. The molecule has 0 amide bonds. The summed E-state index contributed by atoms with van der Waals surface area (Å²) in [5, 5.41) is 2.47. The summed E-state index contributed by atoms with van der Waals surface area (Å²) in [6.45, 7) is 2.83. The van der Waals surface area contributed by atoms with Crippen LogP contribution in [0.5, 0.6) is 0 Å². The monoisotopic (exact) mass is 504 g/mol. The van der Waals surface area contributed by atoms with E-state index in [1.807, 2.05) is 12.4 Å². The highest BCUT2D eigenvalue weighted by Crippen LogP contribution is 2.59. The molecule has 7 rings (SSSR count). The molecule has 3 fully saturated rings. The highest BCUT2D eigenvalue weighted by molar-refractivity contribution is 5.82.